The molecule has 6 nitrogen and oxygen atoms in total. The van der Waals surface area contributed by atoms with Crippen molar-refractivity contribution in [2.75, 3.05) is 5.32 Å². The van der Waals surface area contributed by atoms with E-state index in [0.717, 1.165) is 0 Å². The number of benzene rings is 1. The third-order valence-corrected chi connectivity index (χ3v) is 3.46. The van der Waals surface area contributed by atoms with Crippen molar-refractivity contribution in [3.8, 4) is 0 Å². The Morgan fingerprint density at radius 3 is 2.65 bits per heavy atom. The maximum atomic E-state index is 11.1. The Balaban J connectivity index is 2.50. The molecule has 9 heteroatoms. The maximum Gasteiger partial charge on any atom is 0.332 e. The molecule has 0 saturated carbocycles. The molecule has 0 spiro atoms. The highest BCUT2D eigenvalue weighted by atomic mass is 79.9. The van der Waals surface area contributed by atoms with E-state index >= 15 is 0 Å². The molecule has 0 fully saturated rings. The molecule has 0 radical (unpaired) electrons. The van der Waals surface area contributed by atoms with Crippen molar-refractivity contribution >= 4 is 56.3 Å². The predicted octanol–water partition coefficient (Wildman–Crippen LogP) is 4.51. The van der Waals surface area contributed by atoms with Gasteiger partial charge in [0.15, 0.2) is 0 Å². The van der Waals surface area contributed by atoms with Crippen LogP contribution >= 0.6 is 39.1 Å². The Kier molecular flexibility index (Phi) is 4.42. The molecule has 1 aromatic heterocycles. The molecule has 0 aliphatic rings. The van der Waals surface area contributed by atoms with E-state index in [1.807, 2.05) is 0 Å². The van der Waals surface area contributed by atoms with Crippen molar-refractivity contribution in [2.24, 2.45) is 0 Å². The highest BCUT2D eigenvalue weighted by Gasteiger charge is 2.22. The van der Waals surface area contributed by atoms with Crippen molar-refractivity contribution in [3.05, 3.63) is 48.8 Å². The first-order valence-electron chi connectivity index (χ1n) is 5.29. The Hall–Kier alpha value is -1.44. The highest BCUT2D eigenvalue weighted by Crippen LogP contribution is 2.33. The fourth-order valence-electron chi connectivity index (χ4n) is 1.56. The van der Waals surface area contributed by atoms with Crippen LogP contribution in [0.4, 0.5) is 17.2 Å². The van der Waals surface area contributed by atoms with Crippen molar-refractivity contribution < 1.29 is 4.92 Å². The van der Waals surface area contributed by atoms with Gasteiger partial charge in [0, 0.05) is 9.50 Å². The van der Waals surface area contributed by atoms with E-state index in [4.69, 9.17) is 23.2 Å². The van der Waals surface area contributed by atoms with Gasteiger partial charge in [-0.2, -0.15) is 4.98 Å². The summed E-state index contributed by atoms with van der Waals surface area (Å²) in [7, 11) is 0. The van der Waals surface area contributed by atoms with Crippen LogP contribution < -0.4 is 5.32 Å². The normalized spacial score (nSPS) is 10.4. The predicted molar refractivity (Wildman–Crippen MR) is 80.9 cm³/mol. The van der Waals surface area contributed by atoms with Gasteiger partial charge in [-0.15, -0.1) is 0 Å². The lowest BCUT2D eigenvalue weighted by atomic mass is 10.3. The molecule has 0 atom stereocenters. The number of hydrogen-bond acceptors (Lipinski definition) is 5. The summed E-state index contributed by atoms with van der Waals surface area (Å²) >= 11 is 14.9. The fourth-order valence-corrected chi connectivity index (χ4v) is 2.55. The van der Waals surface area contributed by atoms with E-state index in [1.165, 1.54) is 6.92 Å². The molecule has 0 amide bonds. The zero-order chi connectivity index (χ0) is 14.9. The summed E-state index contributed by atoms with van der Waals surface area (Å²) in [5.74, 6) is 0.0236. The van der Waals surface area contributed by atoms with Gasteiger partial charge in [0.2, 0.25) is 11.1 Å². The van der Waals surface area contributed by atoms with Crippen LogP contribution in [-0.4, -0.2) is 14.9 Å². The molecule has 2 aromatic rings. The van der Waals surface area contributed by atoms with Crippen LogP contribution in [0.5, 0.6) is 0 Å². The van der Waals surface area contributed by atoms with Crippen molar-refractivity contribution in [1.29, 1.82) is 0 Å². The molecule has 104 valence electrons. The van der Waals surface area contributed by atoms with Crippen LogP contribution in [-0.2, 0) is 0 Å². The molecule has 0 aliphatic heterocycles. The summed E-state index contributed by atoms with van der Waals surface area (Å²) in [6.07, 6.45) is 0. The average Bonchev–Trinajstić information content (AvgIpc) is 2.31. The van der Waals surface area contributed by atoms with Crippen LogP contribution in [0.3, 0.4) is 0 Å². The van der Waals surface area contributed by atoms with Gasteiger partial charge in [-0.3, -0.25) is 10.1 Å². The molecule has 0 bridgehead atoms. The van der Waals surface area contributed by atoms with Gasteiger partial charge < -0.3 is 5.32 Å². The first kappa shape index (κ1) is 15.0. The minimum Gasteiger partial charge on any atom is -0.333 e. The van der Waals surface area contributed by atoms with E-state index in [9.17, 15) is 10.1 Å². The SMILES string of the molecule is Cc1nc(Cl)nc(Nc2ccc(Cl)cc2Br)c1[N+](=O)[O-]. The van der Waals surface area contributed by atoms with Crippen LogP contribution in [0.2, 0.25) is 10.3 Å². The second-order valence-corrected chi connectivity index (χ2v) is 5.41. The molecule has 0 unspecified atom stereocenters. The summed E-state index contributed by atoms with van der Waals surface area (Å²) in [4.78, 5) is 18.2. The smallest absolute Gasteiger partial charge is 0.332 e. The van der Waals surface area contributed by atoms with Crippen molar-refractivity contribution in [2.45, 2.75) is 6.92 Å². The first-order chi connectivity index (χ1) is 9.38. The van der Waals surface area contributed by atoms with E-state index in [1.54, 1.807) is 18.2 Å². The molecular formula is C11H7BrCl2N4O2. The van der Waals surface area contributed by atoms with E-state index in [-0.39, 0.29) is 22.5 Å². The molecule has 1 heterocycles. The largest absolute Gasteiger partial charge is 0.333 e. The average molecular weight is 378 g/mol. The molecule has 1 aromatic carbocycles. The number of anilines is 2. The lowest BCUT2D eigenvalue weighted by Crippen LogP contribution is -2.04. The molecule has 0 aliphatic carbocycles. The first-order valence-corrected chi connectivity index (χ1v) is 6.84. The monoisotopic (exact) mass is 376 g/mol. The molecular weight excluding hydrogens is 371 g/mol. The van der Waals surface area contributed by atoms with Gasteiger partial charge in [-0.05, 0) is 52.7 Å². The Morgan fingerprint density at radius 2 is 2.05 bits per heavy atom. The van der Waals surface area contributed by atoms with Gasteiger partial charge >= 0.3 is 5.69 Å². The number of halogens is 3. The molecule has 1 N–H and O–H groups in total. The number of nitro groups is 1. The summed E-state index contributed by atoms with van der Waals surface area (Å²) in [6.45, 7) is 1.49. The number of hydrogen-bond donors (Lipinski definition) is 1. The molecule has 2 rings (SSSR count). The second kappa shape index (κ2) is 5.90. The maximum absolute atomic E-state index is 11.1. The van der Waals surface area contributed by atoms with Crippen LogP contribution in [0.25, 0.3) is 0 Å². The summed E-state index contributed by atoms with van der Waals surface area (Å²) in [6, 6.07) is 4.98. The fraction of sp³-hybridized carbons (Fsp3) is 0.0909. The summed E-state index contributed by atoms with van der Waals surface area (Å²) in [5.41, 5.74) is 0.533. The van der Waals surface area contributed by atoms with E-state index in [2.05, 4.69) is 31.2 Å². The standard InChI is InChI=1S/C11H7BrCl2N4O2/c1-5-9(18(19)20)10(17-11(14)15-5)16-8-3-2-6(13)4-7(8)12/h2-4H,1H3,(H,15,16,17). The number of aromatic nitrogens is 2. The number of nitrogens with zero attached hydrogens (tertiary/aromatic N) is 3. The Morgan fingerprint density at radius 1 is 1.35 bits per heavy atom. The minimum absolute atomic E-state index is 0.0236. The summed E-state index contributed by atoms with van der Waals surface area (Å²) < 4.78 is 0.645. The zero-order valence-electron chi connectivity index (χ0n) is 10.0. The van der Waals surface area contributed by atoms with Crippen molar-refractivity contribution in [1.82, 2.24) is 9.97 Å². The lowest BCUT2D eigenvalue weighted by Gasteiger charge is -2.09. The highest BCUT2D eigenvalue weighted by molar-refractivity contribution is 9.10. The molecule has 20 heavy (non-hydrogen) atoms. The van der Waals surface area contributed by atoms with Gasteiger partial charge in [0.1, 0.15) is 5.69 Å². The minimum atomic E-state index is -0.558. The topological polar surface area (TPSA) is 81.0 Å². The molecule has 0 saturated heterocycles. The van der Waals surface area contributed by atoms with Crippen LogP contribution in [0, 0.1) is 17.0 Å². The zero-order valence-corrected chi connectivity index (χ0v) is 13.1. The van der Waals surface area contributed by atoms with Crippen LogP contribution in [0.15, 0.2) is 22.7 Å². The Bertz CT molecular complexity index is 696. The van der Waals surface area contributed by atoms with E-state index < -0.39 is 4.92 Å². The number of aryl methyl sites for hydroxylation is 1. The number of nitrogens with one attached hydrogen (secondary N) is 1. The van der Waals surface area contributed by atoms with Gasteiger partial charge in [-0.1, -0.05) is 11.6 Å². The Labute approximate surface area is 132 Å². The van der Waals surface area contributed by atoms with E-state index in [0.29, 0.717) is 15.2 Å². The van der Waals surface area contributed by atoms with Gasteiger partial charge in [0.25, 0.3) is 0 Å². The quantitative estimate of drug-likeness (QED) is 0.483. The third-order valence-electron chi connectivity index (χ3n) is 2.40. The second-order valence-electron chi connectivity index (χ2n) is 3.78. The third kappa shape index (κ3) is 3.17. The van der Waals surface area contributed by atoms with Gasteiger partial charge in [-0.25, -0.2) is 4.98 Å². The van der Waals surface area contributed by atoms with Crippen LogP contribution in [0.1, 0.15) is 5.69 Å². The summed E-state index contributed by atoms with van der Waals surface area (Å²) in [5, 5.41) is 14.4. The lowest BCUT2D eigenvalue weighted by molar-refractivity contribution is -0.385. The van der Waals surface area contributed by atoms with Gasteiger partial charge in [0.05, 0.1) is 10.6 Å². The van der Waals surface area contributed by atoms with Crippen molar-refractivity contribution in [3.63, 3.8) is 0 Å². The number of rotatable bonds is 3.